The molecule has 1 aliphatic rings. The quantitative estimate of drug-likeness (QED) is 0.746. The van der Waals surface area contributed by atoms with E-state index in [1.807, 2.05) is 0 Å². The van der Waals surface area contributed by atoms with E-state index >= 15 is 0 Å². The van der Waals surface area contributed by atoms with Crippen LogP contribution in [0.25, 0.3) is 0 Å². The summed E-state index contributed by atoms with van der Waals surface area (Å²) in [5.74, 6) is -0.619. The molecule has 0 aromatic rings. The van der Waals surface area contributed by atoms with Crippen LogP contribution in [0, 0.1) is 0 Å². The summed E-state index contributed by atoms with van der Waals surface area (Å²) in [6, 6.07) is 0. The molecular formula is C10H15F3N2O3. The summed E-state index contributed by atoms with van der Waals surface area (Å²) < 4.78 is 39.6. The number of hydrogen-bond donors (Lipinski definition) is 1. The molecule has 0 aromatic heterocycles. The zero-order valence-corrected chi connectivity index (χ0v) is 9.76. The van der Waals surface area contributed by atoms with Gasteiger partial charge < -0.3 is 15.0 Å². The van der Waals surface area contributed by atoms with Crippen molar-refractivity contribution in [1.82, 2.24) is 10.2 Å². The molecular weight excluding hydrogens is 253 g/mol. The molecule has 8 heteroatoms. The molecule has 0 bridgehead atoms. The Morgan fingerprint density at radius 1 is 1.44 bits per heavy atom. The Bertz CT molecular complexity index is 307. The fraction of sp³-hybridized carbons (Fsp3) is 0.800. The molecule has 104 valence electrons. The number of amides is 2. The van der Waals surface area contributed by atoms with Crippen molar-refractivity contribution in [3.8, 4) is 0 Å². The average molecular weight is 268 g/mol. The minimum atomic E-state index is -4.38. The van der Waals surface area contributed by atoms with Crippen molar-refractivity contribution in [3.63, 3.8) is 0 Å². The highest BCUT2D eigenvalue weighted by Gasteiger charge is 2.27. The molecule has 0 atom stereocenters. The van der Waals surface area contributed by atoms with E-state index in [0.29, 0.717) is 19.5 Å². The summed E-state index contributed by atoms with van der Waals surface area (Å²) in [5.41, 5.74) is 0. The second-order valence-corrected chi connectivity index (χ2v) is 3.94. The summed E-state index contributed by atoms with van der Waals surface area (Å²) >= 11 is 0. The number of ether oxygens (including phenoxy) is 1. The van der Waals surface area contributed by atoms with Crippen molar-refractivity contribution >= 4 is 11.8 Å². The van der Waals surface area contributed by atoms with E-state index in [-0.39, 0.29) is 31.4 Å². The second-order valence-electron chi connectivity index (χ2n) is 3.94. The number of halogens is 3. The first-order chi connectivity index (χ1) is 8.38. The van der Waals surface area contributed by atoms with Crippen molar-refractivity contribution in [2.75, 3.05) is 32.8 Å². The number of carbonyl (C=O) groups excluding carboxylic acids is 2. The van der Waals surface area contributed by atoms with E-state index in [4.69, 9.17) is 0 Å². The lowest BCUT2D eigenvalue weighted by molar-refractivity contribution is -0.175. The molecule has 1 aliphatic heterocycles. The van der Waals surface area contributed by atoms with Crippen LogP contribution in [-0.4, -0.2) is 55.7 Å². The molecule has 1 rings (SSSR count). The monoisotopic (exact) mass is 268 g/mol. The lowest BCUT2D eigenvalue weighted by Gasteiger charge is -2.18. The Morgan fingerprint density at radius 2 is 2.17 bits per heavy atom. The second kappa shape index (κ2) is 6.58. The van der Waals surface area contributed by atoms with Gasteiger partial charge in [0.1, 0.15) is 6.61 Å². The predicted molar refractivity (Wildman–Crippen MR) is 55.7 cm³/mol. The van der Waals surface area contributed by atoms with Crippen LogP contribution in [0.5, 0.6) is 0 Å². The fourth-order valence-electron chi connectivity index (χ4n) is 1.52. The normalized spacial score (nSPS) is 17.3. The lowest BCUT2D eigenvalue weighted by atomic mass is 10.3. The van der Waals surface area contributed by atoms with Gasteiger partial charge in [-0.15, -0.1) is 0 Å². The molecule has 1 saturated heterocycles. The van der Waals surface area contributed by atoms with Gasteiger partial charge in [0.25, 0.3) is 0 Å². The molecule has 0 radical (unpaired) electrons. The van der Waals surface area contributed by atoms with E-state index in [1.54, 1.807) is 0 Å². The topological polar surface area (TPSA) is 58.6 Å². The van der Waals surface area contributed by atoms with Crippen LogP contribution in [0.4, 0.5) is 13.2 Å². The van der Waals surface area contributed by atoms with Crippen molar-refractivity contribution in [1.29, 1.82) is 0 Å². The van der Waals surface area contributed by atoms with Crippen LogP contribution >= 0.6 is 0 Å². The van der Waals surface area contributed by atoms with E-state index in [0.717, 1.165) is 0 Å². The molecule has 0 spiro atoms. The highest BCUT2D eigenvalue weighted by atomic mass is 19.4. The minimum absolute atomic E-state index is 0.0435. The van der Waals surface area contributed by atoms with Crippen molar-refractivity contribution in [2.45, 2.75) is 19.0 Å². The number of hydrogen-bond acceptors (Lipinski definition) is 3. The first-order valence-electron chi connectivity index (χ1n) is 5.57. The van der Waals surface area contributed by atoms with Gasteiger partial charge in [0.15, 0.2) is 0 Å². The minimum Gasteiger partial charge on any atom is -0.372 e. The van der Waals surface area contributed by atoms with Crippen molar-refractivity contribution in [2.24, 2.45) is 0 Å². The van der Waals surface area contributed by atoms with E-state index in [2.05, 4.69) is 10.1 Å². The molecule has 0 unspecified atom stereocenters. The van der Waals surface area contributed by atoms with Gasteiger partial charge in [0, 0.05) is 13.1 Å². The van der Waals surface area contributed by atoms with Crippen LogP contribution in [0.2, 0.25) is 0 Å². The maximum atomic E-state index is 11.8. The SMILES string of the molecule is O=C1CN(C(=O)CCOCC(F)(F)F)CCCN1. The van der Waals surface area contributed by atoms with Gasteiger partial charge >= 0.3 is 6.18 Å². The summed E-state index contributed by atoms with van der Waals surface area (Å²) in [4.78, 5) is 24.1. The zero-order chi connectivity index (χ0) is 13.6. The third kappa shape index (κ3) is 5.85. The Labute approximate surface area is 102 Å². The van der Waals surface area contributed by atoms with Crippen molar-refractivity contribution < 1.29 is 27.5 Å². The molecule has 1 heterocycles. The lowest BCUT2D eigenvalue weighted by Crippen LogP contribution is -2.37. The van der Waals surface area contributed by atoms with Gasteiger partial charge in [-0.3, -0.25) is 9.59 Å². The fourth-order valence-corrected chi connectivity index (χ4v) is 1.52. The van der Waals surface area contributed by atoms with Crippen LogP contribution in [0.3, 0.4) is 0 Å². The zero-order valence-electron chi connectivity index (χ0n) is 9.76. The number of rotatable bonds is 4. The average Bonchev–Trinajstić information content (AvgIpc) is 2.47. The Hall–Kier alpha value is -1.31. The largest absolute Gasteiger partial charge is 0.411 e. The van der Waals surface area contributed by atoms with Crippen LogP contribution in [-0.2, 0) is 14.3 Å². The molecule has 5 nitrogen and oxygen atoms in total. The maximum absolute atomic E-state index is 11.8. The molecule has 0 aliphatic carbocycles. The third-order valence-corrected chi connectivity index (χ3v) is 2.34. The molecule has 2 amide bonds. The van der Waals surface area contributed by atoms with Gasteiger partial charge in [0.05, 0.1) is 19.6 Å². The molecule has 0 aromatic carbocycles. The Morgan fingerprint density at radius 3 is 2.83 bits per heavy atom. The standard InChI is InChI=1S/C10H15F3N2O3/c11-10(12,13)7-18-5-2-9(17)15-4-1-3-14-8(16)6-15/h1-7H2,(H,14,16). The van der Waals surface area contributed by atoms with Gasteiger partial charge in [-0.25, -0.2) is 0 Å². The first kappa shape index (κ1) is 14.7. The molecule has 1 fully saturated rings. The Kier molecular flexibility index (Phi) is 5.39. The van der Waals surface area contributed by atoms with Crippen LogP contribution < -0.4 is 5.32 Å². The molecule has 0 saturated carbocycles. The van der Waals surface area contributed by atoms with E-state index < -0.39 is 12.8 Å². The van der Waals surface area contributed by atoms with Gasteiger partial charge in [0.2, 0.25) is 11.8 Å². The Balaban J connectivity index is 2.25. The number of nitrogens with one attached hydrogen (secondary N) is 1. The van der Waals surface area contributed by atoms with E-state index in [1.165, 1.54) is 4.90 Å². The number of carbonyl (C=O) groups is 2. The smallest absolute Gasteiger partial charge is 0.372 e. The first-order valence-corrected chi connectivity index (χ1v) is 5.57. The van der Waals surface area contributed by atoms with Crippen molar-refractivity contribution in [3.05, 3.63) is 0 Å². The predicted octanol–water partition coefficient (Wildman–Crippen LogP) is 0.304. The summed E-state index contributed by atoms with van der Waals surface area (Å²) in [7, 11) is 0. The highest BCUT2D eigenvalue weighted by molar-refractivity contribution is 5.85. The summed E-state index contributed by atoms with van der Waals surface area (Å²) in [6.07, 6.45) is -3.89. The van der Waals surface area contributed by atoms with Crippen LogP contribution in [0.1, 0.15) is 12.8 Å². The highest BCUT2D eigenvalue weighted by Crippen LogP contribution is 2.14. The van der Waals surface area contributed by atoms with Gasteiger partial charge in [-0.1, -0.05) is 0 Å². The van der Waals surface area contributed by atoms with Gasteiger partial charge in [-0.05, 0) is 6.42 Å². The maximum Gasteiger partial charge on any atom is 0.411 e. The summed E-state index contributed by atoms with van der Waals surface area (Å²) in [5, 5.41) is 2.60. The van der Waals surface area contributed by atoms with Gasteiger partial charge in [-0.2, -0.15) is 13.2 Å². The van der Waals surface area contributed by atoms with E-state index in [9.17, 15) is 22.8 Å². The van der Waals surface area contributed by atoms with Crippen LogP contribution in [0.15, 0.2) is 0 Å². The number of alkyl halides is 3. The molecule has 1 N–H and O–H groups in total. The molecule has 18 heavy (non-hydrogen) atoms. The summed E-state index contributed by atoms with van der Waals surface area (Å²) in [6.45, 7) is -0.765. The number of nitrogens with zero attached hydrogens (tertiary/aromatic N) is 1. The third-order valence-electron chi connectivity index (χ3n) is 2.34.